The number of rotatable bonds is 4. The van der Waals surface area contributed by atoms with Crippen LogP contribution in [0.15, 0.2) is 22.5 Å². The number of halogens is 1. The van der Waals surface area contributed by atoms with Gasteiger partial charge in [0.1, 0.15) is 11.6 Å². The Morgan fingerprint density at radius 3 is 2.89 bits per heavy atom. The maximum absolute atomic E-state index is 13.7. The molecule has 0 aliphatic rings. The smallest absolute Gasteiger partial charge is 0.340 e. The normalized spacial score (nSPS) is 10.5. The first-order chi connectivity index (χ1) is 9.10. The molecule has 0 unspecified atom stereocenters. The standard InChI is InChI=1S/C12H11FN2O2S2/c1-7-14-12(19-15-7)18-6-8-3-4-9(10(13)5-8)11(16)17-2/h3-5H,6H2,1-2H3. The van der Waals surface area contributed by atoms with E-state index in [0.29, 0.717) is 5.75 Å². The van der Waals surface area contributed by atoms with Crippen molar-refractivity contribution >= 4 is 29.3 Å². The molecule has 0 aliphatic heterocycles. The molecule has 4 nitrogen and oxygen atoms in total. The van der Waals surface area contributed by atoms with E-state index in [-0.39, 0.29) is 5.56 Å². The summed E-state index contributed by atoms with van der Waals surface area (Å²) in [4.78, 5) is 15.5. The van der Waals surface area contributed by atoms with Gasteiger partial charge < -0.3 is 4.74 Å². The van der Waals surface area contributed by atoms with Crippen molar-refractivity contribution in [2.45, 2.75) is 17.0 Å². The third-order valence-electron chi connectivity index (χ3n) is 2.31. The van der Waals surface area contributed by atoms with Crippen LogP contribution in [0.2, 0.25) is 0 Å². The molecule has 2 rings (SSSR count). The molecule has 0 fully saturated rings. The van der Waals surface area contributed by atoms with Crippen LogP contribution in [-0.2, 0) is 10.5 Å². The minimum absolute atomic E-state index is 0.0528. The zero-order chi connectivity index (χ0) is 13.8. The number of carbonyl (C=O) groups is 1. The molecular formula is C12H11FN2O2S2. The molecule has 7 heteroatoms. The lowest BCUT2D eigenvalue weighted by Crippen LogP contribution is -2.04. The Labute approximate surface area is 118 Å². The Hall–Kier alpha value is -1.47. The Bertz CT molecular complexity index is 601. The van der Waals surface area contributed by atoms with Crippen LogP contribution in [0, 0.1) is 12.7 Å². The highest BCUT2D eigenvalue weighted by Gasteiger charge is 2.12. The molecular weight excluding hydrogens is 287 g/mol. The van der Waals surface area contributed by atoms with E-state index in [1.165, 1.54) is 42.5 Å². The molecule has 0 N–H and O–H groups in total. The van der Waals surface area contributed by atoms with Gasteiger partial charge in [-0.15, -0.1) is 0 Å². The summed E-state index contributed by atoms with van der Waals surface area (Å²) in [6, 6.07) is 4.48. The van der Waals surface area contributed by atoms with Crippen LogP contribution in [0.25, 0.3) is 0 Å². The monoisotopic (exact) mass is 298 g/mol. The fourth-order valence-corrected chi connectivity index (χ4v) is 3.00. The number of hydrogen-bond donors (Lipinski definition) is 0. The second-order valence-corrected chi connectivity index (χ2v) is 5.68. The van der Waals surface area contributed by atoms with Crippen LogP contribution >= 0.6 is 23.3 Å². The molecule has 100 valence electrons. The lowest BCUT2D eigenvalue weighted by atomic mass is 10.1. The van der Waals surface area contributed by atoms with E-state index in [0.717, 1.165) is 15.7 Å². The van der Waals surface area contributed by atoms with Crippen LogP contribution < -0.4 is 0 Å². The zero-order valence-corrected chi connectivity index (χ0v) is 12.0. The molecule has 0 atom stereocenters. The molecule has 2 aromatic rings. The number of aryl methyl sites for hydroxylation is 1. The van der Waals surface area contributed by atoms with Gasteiger partial charge in [0, 0.05) is 5.75 Å². The Balaban J connectivity index is 2.06. The lowest BCUT2D eigenvalue weighted by Gasteiger charge is -2.03. The van der Waals surface area contributed by atoms with Gasteiger partial charge in [-0.05, 0) is 36.2 Å². The fraction of sp³-hybridized carbons (Fsp3) is 0.250. The topological polar surface area (TPSA) is 52.1 Å². The van der Waals surface area contributed by atoms with Crippen molar-refractivity contribution in [2.24, 2.45) is 0 Å². The number of thioether (sulfide) groups is 1. The first-order valence-electron chi connectivity index (χ1n) is 5.40. The maximum Gasteiger partial charge on any atom is 0.340 e. The van der Waals surface area contributed by atoms with Crippen LogP contribution in [0.4, 0.5) is 4.39 Å². The second kappa shape index (κ2) is 6.12. The third kappa shape index (κ3) is 3.51. The Morgan fingerprint density at radius 2 is 2.32 bits per heavy atom. The summed E-state index contributed by atoms with van der Waals surface area (Å²) in [6.45, 7) is 1.82. The van der Waals surface area contributed by atoms with E-state index >= 15 is 0 Å². The Morgan fingerprint density at radius 1 is 1.53 bits per heavy atom. The van der Waals surface area contributed by atoms with E-state index in [9.17, 15) is 9.18 Å². The second-order valence-electron chi connectivity index (χ2n) is 3.70. The van der Waals surface area contributed by atoms with Crippen LogP contribution in [0.3, 0.4) is 0 Å². The van der Waals surface area contributed by atoms with Crippen molar-refractivity contribution in [2.75, 3.05) is 7.11 Å². The fourth-order valence-electron chi connectivity index (χ4n) is 1.41. The zero-order valence-electron chi connectivity index (χ0n) is 10.3. The molecule has 0 aliphatic carbocycles. The average molecular weight is 298 g/mol. The highest BCUT2D eigenvalue weighted by Crippen LogP contribution is 2.25. The minimum atomic E-state index is -0.670. The molecule has 0 bridgehead atoms. The average Bonchev–Trinajstić information content (AvgIpc) is 2.81. The summed E-state index contributed by atoms with van der Waals surface area (Å²) < 4.78 is 23.1. The quantitative estimate of drug-likeness (QED) is 0.641. The van der Waals surface area contributed by atoms with Gasteiger partial charge >= 0.3 is 5.97 Å². The molecule has 0 amide bonds. The Kier molecular flexibility index (Phi) is 4.49. The number of esters is 1. The SMILES string of the molecule is COC(=O)c1ccc(CSc2nc(C)ns2)cc1F. The lowest BCUT2D eigenvalue weighted by molar-refractivity contribution is 0.0595. The summed E-state index contributed by atoms with van der Waals surface area (Å²) in [7, 11) is 1.23. The van der Waals surface area contributed by atoms with Gasteiger partial charge in [0.2, 0.25) is 0 Å². The largest absolute Gasteiger partial charge is 0.465 e. The highest BCUT2D eigenvalue weighted by molar-refractivity contribution is 8.00. The molecule has 0 saturated heterocycles. The number of carbonyl (C=O) groups excluding carboxylic acids is 1. The van der Waals surface area contributed by atoms with Gasteiger partial charge in [-0.3, -0.25) is 0 Å². The number of nitrogens with zero attached hydrogens (tertiary/aromatic N) is 2. The number of hydrogen-bond acceptors (Lipinski definition) is 6. The van der Waals surface area contributed by atoms with Crippen molar-refractivity contribution in [3.05, 3.63) is 41.0 Å². The van der Waals surface area contributed by atoms with Crippen molar-refractivity contribution in [1.82, 2.24) is 9.36 Å². The molecule has 1 heterocycles. The summed E-state index contributed by atoms with van der Waals surface area (Å²) in [5, 5.41) is 0. The van der Waals surface area contributed by atoms with Crippen molar-refractivity contribution in [1.29, 1.82) is 0 Å². The highest BCUT2D eigenvalue weighted by atomic mass is 32.2. The maximum atomic E-state index is 13.7. The van der Waals surface area contributed by atoms with Crippen LogP contribution in [0.5, 0.6) is 0 Å². The summed E-state index contributed by atoms with van der Waals surface area (Å²) >= 11 is 2.80. The molecule has 0 saturated carbocycles. The predicted octanol–water partition coefficient (Wildman–Crippen LogP) is 3.06. The van der Waals surface area contributed by atoms with Crippen molar-refractivity contribution in [3.8, 4) is 0 Å². The van der Waals surface area contributed by atoms with Crippen molar-refractivity contribution < 1.29 is 13.9 Å². The van der Waals surface area contributed by atoms with E-state index < -0.39 is 11.8 Å². The van der Waals surface area contributed by atoms with Crippen molar-refractivity contribution in [3.63, 3.8) is 0 Å². The van der Waals surface area contributed by atoms with Crippen LogP contribution in [0.1, 0.15) is 21.7 Å². The third-order valence-corrected chi connectivity index (χ3v) is 4.31. The molecule has 19 heavy (non-hydrogen) atoms. The first-order valence-corrected chi connectivity index (χ1v) is 7.16. The molecule has 0 radical (unpaired) electrons. The van der Waals surface area contributed by atoms with E-state index in [1.807, 2.05) is 6.92 Å². The van der Waals surface area contributed by atoms with Gasteiger partial charge in [0.05, 0.1) is 12.7 Å². The van der Waals surface area contributed by atoms with Gasteiger partial charge in [-0.1, -0.05) is 17.8 Å². The van der Waals surface area contributed by atoms with Gasteiger partial charge in [0.25, 0.3) is 0 Å². The van der Waals surface area contributed by atoms with Gasteiger partial charge in [-0.2, -0.15) is 4.37 Å². The number of ether oxygens (including phenoxy) is 1. The summed E-state index contributed by atoms with van der Waals surface area (Å²) in [5.41, 5.74) is 0.728. The van der Waals surface area contributed by atoms with Gasteiger partial charge in [0.15, 0.2) is 4.34 Å². The molecule has 0 spiro atoms. The first kappa shape index (κ1) is 14.0. The van der Waals surface area contributed by atoms with E-state index in [4.69, 9.17) is 0 Å². The molecule has 1 aromatic heterocycles. The number of benzene rings is 1. The minimum Gasteiger partial charge on any atom is -0.465 e. The molecule has 1 aromatic carbocycles. The van der Waals surface area contributed by atoms with E-state index in [2.05, 4.69) is 14.1 Å². The van der Waals surface area contributed by atoms with Crippen LogP contribution in [-0.4, -0.2) is 22.4 Å². The number of aromatic nitrogens is 2. The summed E-state index contributed by atoms with van der Waals surface area (Å²) in [5.74, 6) is 0.0714. The predicted molar refractivity (Wildman–Crippen MR) is 71.9 cm³/mol. The van der Waals surface area contributed by atoms with E-state index in [1.54, 1.807) is 6.07 Å². The summed E-state index contributed by atoms with van der Waals surface area (Å²) in [6.07, 6.45) is 0. The number of methoxy groups -OCH3 is 1. The van der Waals surface area contributed by atoms with Gasteiger partial charge in [-0.25, -0.2) is 14.2 Å².